The first-order chi connectivity index (χ1) is 9.69. The van der Waals surface area contributed by atoms with Crippen molar-refractivity contribution in [1.82, 2.24) is 5.32 Å². The van der Waals surface area contributed by atoms with E-state index >= 15 is 0 Å². The zero-order chi connectivity index (χ0) is 14.8. The second kappa shape index (κ2) is 9.26. The van der Waals surface area contributed by atoms with Gasteiger partial charge in [0.05, 0.1) is 13.2 Å². The molecule has 4 heteroatoms. The minimum absolute atomic E-state index is 0.0330. The molecule has 0 aromatic heterocycles. The molecule has 1 rings (SSSR count). The van der Waals surface area contributed by atoms with Crippen LogP contribution in [0.3, 0.4) is 0 Å². The number of hydrogen-bond donors (Lipinski definition) is 1. The number of esters is 1. The lowest BCUT2D eigenvalue weighted by Gasteiger charge is -2.17. The van der Waals surface area contributed by atoms with E-state index in [-0.39, 0.29) is 24.2 Å². The molecule has 0 bridgehead atoms. The van der Waals surface area contributed by atoms with Crippen LogP contribution in [0.25, 0.3) is 0 Å². The summed E-state index contributed by atoms with van der Waals surface area (Å²) in [6.07, 6.45) is 2.79. The zero-order valence-electron chi connectivity index (χ0n) is 12.2. The van der Waals surface area contributed by atoms with E-state index in [2.05, 4.69) is 17.0 Å². The minimum atomic E-state index is -0.331. The van der Waals surface area contributed by atoms with Crippen molar-refractivity contribution in [2.75, 3.05) is 13.7 Å². The van der Waals surface area contributed by atoms with Crippen LogP contribution < -0.4 is 5.32 Å². The second-order valence-electron chi connectivity index (χ2n) is 4.71. The lowest BCUT2D eigenvalue weighted by molar-refractivity contribution is -0.140. The quantitative estimate of drug-likeness (QED) is 0.428. The van der Waals surface area contributed by atoms with Gasteiger partial charge in [-0.1, -0.05) is 43.7 Å². The van der Waals surface area contributed by atoms with Gasteiger partial charge in [0.15, 0.2) is 5.78 Å². The van der Waals surface area contributed by atoms with Gasteiger partial charge >= 0.3 is 5.97 Å². The van der Waals surface area contributed by atoms with Crippen molar-refractivity contribution in [3.8, 4) is 0 Å². The van der Waals surface area contributed by atoms with Gasteiger partial charge in [-0.2, -0.15) is 0 Å². The molecule has 1 aromatic rings. The van der Waals surface area contributed by atoms with Gasteiger partial charge in [-0.25, -0.2) is 0 Å². The monoisotopic (exact) mass is 277 g/mol. The van der Waals surface area contributed by atoms with Crippen LogP contribution in [0.5, 0.6) is 0 Å². The van der Waals surface area contributed by atoms with Crippen molar-refractivity contribution in [3.63, 3.8) is 0 Å². The Morgan fingerprint density at radius 3 is 2.55 bits per heavy atom. The third-order valence-electron chi connectivity index (χ3n) is 3.16. The van der Waals surface area contributed by atoms with Crippen molar-refractivity contribution >= 4 is 11.8 Å². The first-order valence-electron chi connectivity index (χ1n) is 7.08. The summed E-state index contributed by atoms with van der Waals surface area (Å²) in [6.45, 7) is 2.88. The summed E-state index contributed by atoms with van der Waals surface area (Å²) >= 11 is 0. The van der Waals surface area contributed by atoms with Gasteiger partial charge in [-0.15, -0.1) is 0 Å². The highest BCUT2D eigenvalue weighted by atomic mass is 16.5. The highest BCUT2D eigenvalue weighted by Crippen LogP contribution is 2.09. The van der Waals surface area contributed by atoms with Crippen LogP contribution in [0, 0.1) is 0 Å². The molecule has 0 aliphatic carbocycles. The summed E-state index contributed by atoms with van der Waals surface area (Å²) in [5.74, 6) is -0.251. The fraction of sp³-hybridized carbons (Fsp3) is 0.500. The normalized spacial score (nSPS) is 11.9. The number of carbonyl (C=O) groups is 2. The van der Waals surface area contributed by atoms with E-state index in [0.29, 0.717) is 12.0 Å². The third-order valence-corrected chi connectivity index (χ3v) is 3.16. The van der Waals surface area contributed by atoms with Crippen LogP contribution in [0.2, 0.25) is 0 Å². The average molecular weight is 277 g/mol. The van der Waals surface area contributed by atoms with Gasteiger partial charge < -0.3 is 10.1 Å². The largest absolute Gasteiger partial charge is 0.469 e. The van der Waals surface area contributed by atoms with Gasteiger partial charge in [0.25, 0.3) is 0 Å². The van der Waals surface area contributed by atoms with Crippen molar-refractivity contribution in [1.29, 1.82) is 0 Å². The van der Waals surface area contributed by atoms with E-state index in [9.17, 15) is 9.59 Å². The maximum absolute atomic E-state index is 12.4. The lowest BCUT2D eigenvalue weighted by atomic mass is 10.00. The topological polar surface area (TPSA) is 55.4 Å². The molecule has 0 radical (unpaired) electrons. The van der Waals surface area contributed by atoms with Gasteiger partial charge in [0, 0.05) is 12.0 Å². The maximum atomic E-state index is 12.4. The SMILES string of the molecule is CCCCNC(CCC(=O)OC)C(=O)c1ccccc1. The molecule has 20 heavy (non-hydrogen) atoms. The van der Waals surface area contributed by atoms with E-state index in [4.69, 9.17) is 0 Å². The smallest absolute Gasteiger partial charge is 0.305 e. The number of nitrogens with one attached hydrogen (secondary N) is 1. The Morgan fingerprint density at radius 2 is 1.95 bits per heavy atom. The van der Waals surface area contributed by atoms with Crippen LogP contribution >= 0.6 is 0 Å². The van der Waals surface area contributed by atoms with E-state index in [1.165, 1.54) is 7.11 Å². The Balaban J connectivity index is 2.65. The first-order valence-corrected chi connectivity index (χ1v) is 7.08. The van der Waals surface area contributed by atoms with Crippen LogP contribution in [0.4, 0.5) is 0 Å². The predicted molar refractivity (Wildman–Crippen MR) is 78.7 cm³/mol. The molecular formula is C16H23NO3. The molecule has 0 heterocycles. The van der Waals surface area contributed by atoms with Crippen molar-refractivity contribution in [3.05, 3.63) is 35.9 Å². The maximum Gasteiger partial charge on any atom is 0.305 e. The van der Waals surface area contributed by atoms with Crippen LogP contribution in [0.1, 0.15) is 43.0 Å². The molecule has 1 aromatic carbocycles. The number of ketones is 1. The fourth-order valence-corrected chi connectivity index (χ4v) is 1.95. The zero-order valence-corrected chi connectivity index (χ0v) is 12.2. The fourth-order valence-electron chi connectivity index (χ4n) is 1.95. The van der Waals surface area contributed by atoms with Crippen LogP contribution in [-0.2, 0) is 9.53 Å². The molecule has 110 valence electrons. The standard InChI is InChI=1S/C16H23NO3/c1-3-4-12-17-14(10-11-15(18)20-2)16(19)13-8-6-5-7-9-13/h5-9,14,17H,3-4,10-12H2,1-2H3. The van der Waals surface area contributed by atoms with Crippen LogP contribution in [-0.4, -0.2) is 31.4 Å². The number of rotatable bonds is 9. The number of ether oxygens (including phenoxy) is 1. The predicted octanol–water partition coefficient (Wildman–Crippen LogP) is 2.58. The summed E-state index contributed by atoms with van der Waals surface area (Å²) in [6, 6.07) is 8.84. The number of carbonyl (C=O) groups excluding carboxylic acids is 2. The number of unbranched alkanes of at least 4 members (excludes halogenated alkanes) is 1. The number of hydrogen-bond acceptors (Lipinski definition) is 4. The molecule has 0 amide bonds. The first kappa shape index (κ1) is 16.4. The van der Waals surface area contributed by atoms with Crippen molar-refractivity contribution < 1.29 is 14.3 Å². The van der Waals surface area contributed by atoms with E-state index < -0.39 is 0 Å². The molecule has 0 aliphatic heterocycles. The van der Waals surface area contributed by atoms with Gasteiger partial charge in [-0.3, -0.25) is 9.59 Å². The highest BCUT2D eigenvalue weighted by molar-refractivity contribution is 6.00. The molecule has 1 N–H and O–H groups in total. The Kier molecular flexibility index (Phi) is 7.58. The number of Topliss-reactive ketones (excluding diaryl/α,β-unsaturated/α-hetero) is 1. The second-order valence-corrected chi connectivity index (χ2v) is 4.71. The van der Waals surface area contributed by atoms with Crippen molar-refractivity contribution in [2.45, 2.75) is 38.6 Å². The summed E-state index contributed by atoms with van der Waals surface area (Å²) in [5, 5.41) is 3.24. The Bertz CT molecular complexity index is 417. The lowest BCUT2D eigenvalue weighted by Crippen LogP contribution is -2.38. The number of benzene rings is 1. The molecule has 0 saturated carbocycles. The van der Waals surface area contributed by atoms with Gasteiger partial charge in [0.2, 0.25) is 0 Å². The molecule has 4 nitrogen and oxygen atoms in total. The van der Waals surface area contributed by atoms with E-state index in [1.54, 1.807) is 12.1 Å². The summed E-state index contributed by atoms with van der Waals surface area (Å²) < 4.78 is 4.63. The molecule has 0 saturated heterocycles. The third kappa shape index (κ3) is 5.53. The van der Waals surface area contributed by atoms with Crippen molar-refractivity contribution in [2.24, 2.45) is 0 Å². The Hall–Kier alpha value is -1.68. The molecule has 1 unspecified atom stereocenters. The molecule has 1 atom stereocenters. The van der Waals surface area contributed by atoms with E-state index in [1.807, 2.05) is 18.2 Å². The summed E-state index contributed by atoms with van der Waals surface area (Å²) in [7, 11) is 1.36. The van der Waals surface area contributed by atoms with Gasteiger partial charge in [-0.05, 0) is 19.4 Å². The minimum Gasteiger partial charge on any atom is -0.469 e. The Morgan fingerprint density at radius 1 is 1.25 bits per heavy atom. The van der Waals surface area contributed by atoms with Crippen LogP contribution in [0.15, 0.2) is 30.3 Å². The molecule has 0 fully saturated rings. The summed E-state index contributed by atoms with van der Waals surface area (Å²) in [5.41, 5.74) is 0.673. The molecular weight excluding hydrogens is 254 g/mol. The average Bonchev–Trinajstić information content (AvgIpc) is 2.50. The Labute approximate surface area is 120 Å². The molecule has 0 aliphatic rings. The highest BCUT2D eigenvalue weighted by Gasteiger charge is 2.20. The number of methoxy groups -OCH3 is 1. The van der Waals surface area contributed by atoms with Gasteiger partial charge in [0.1, 0.15) is 0 Å². The summed E-state index contributed by atoms with van der Waals surface area (Å²) in [4.78, 5) is 23.7. The molecule has 0 spiro atoms. The van der Waals surface area contributed by atoms with E-state index in [0.717, 1.165) is 19.4 Å².